The first-order valence-electron chi connectivity index (χ1n) is 8.53. The smallest absolute Gasteiger partial charge is 0.328 e. The number of hydrogen-bond donors (Lipinski definition) is 2. The van der Waals surface area contributed by atoms with Gasteiger partial charge in [0.1, 0.15) is 0 Å². The molecule has 2 aromatic rings. The monoisotopic (exact) mass is 386 g/mol. The van der Waals surface area contributed by atoms with Gasteiger partial charge < -0.3 is 14.8 Å². The summed E-state index contributed by atoms with van der Waals surface area (Å²) in [6, 6.07) is 8.61. The van der Waals surface area contributed by atoms with E-state index < -0.39 is 11.9 Å². The Morgan fingerprint density at radius 1 is 1.11 bits per heavy atom. The molecule has 0 amide bonds. The molecule has 0 radical (unpaired) electrons. The van der Waals surface area contributed by atoms with Crippen LogP contribution in [0.3, 0.4) is 0 Å². The van der Waals surface area contributed by atoms with Crippen molar-refractivity contribution in [1.29, 1.82) is 0 Å². The van der Waals surface area contributed by atoms with Crippen LogP contribution in [0.5, 0.6) is 0 Å². The number of benzene rings is 1. The maximum absolute atomic E-state index is 9.55. The highest BCUT2D eigenvalue weighted by Crippen LogP contribution is 2.37. The van der Waals surface area contributed by atoms with Gasteiger partial charge in [-0.15, -0.1) is 0 Å². The van der Waals surface area contributed by atoms with Gasteiger partial charge in [-0.2, -0.15) is 0 Å². The fraction of sp³-hybridized carbons (Fsp3) is 0.250. The minimum Gasteiger partial charge on any atom is -0.478 e. The summed E-state index contributed by atoms with van der Waals surface area (Å²) in [6.45, 7) is 3.99. The predicted octanol–water partition coefficient (Wildman–Crippen LogP) is 3.44. The third-order valence-electron chi connectivity index (χ3n) is 4.57. The minimum absolute atomic E-state index is 0.558. The molecule has 2 N–H and O–H groups in total. The highest BCUT2D eigenvalue weighted by atomic mass is 35.5. The fourth-order valence-corrected chi connectivity index (χ4v) is 3.65. The number of hydrogen-bond acceptors (Lipinski definition) is 3. The van der Waals surface area contributed by atoms with E-state index in [-0.39, 0.29) is 0 Å². The van der Waals surface area contributed by atoms with E-state index in [9.17, 15) is 9.59 Å². The summed E-state index contributed by atoms with van der Waals surface area (Å²) in [5, 5.41) is 16.5. The Labute approximate surface area is 161 Å². The van der Waals surface area contributed by atoms with Crippen molar-refractivity contribution in [3.05, 3.63) is 58.3 Å². The van der Waals surface area contributed by atoms with Gasteiger partial charge in [0.05, 0.1) is 23.6 Å². The SMILES string of the molecule is CC1=NCCn2c1cc1c2-c2ccc(Cl)cc2CC1.O=C(O)C=CC(=O)O. The van der Waals surface area contributed by atoms with Crippen LogP contribution in [-0.2, 0) is 29.0 Å². The van der Waals surface area contributed by atoms with E-state index >= 15 is 0 Å². The van der Waals surface area contributed by atoms with Crippen LogP contribution in [0, 0.1) is 0 Å². The summed E-state index contributed by atoms with van der Waals surface area (Å²) in [5.74, 6) is -2.51. The third-order valence-corrected chi connectivity index (χ3v) is 4.81. The molecule has 1 aromatic heterocycles. The van der Waals surface area contributed by atoms with E-state index in [1.54, 1.807) is 0 Å². The molecule has 0 saturated heterocycles. The molecule has 7 heteroatoms. The number of fused-ring (bicyclic) bond motifs is 5. The average Bonchev–Trinajstić information content (AvgIpc) is 3.01. The van der Waals surface area contributed by atoms with Crippen LogP contribution in [0.4, 0.5) is 0 Å². The molecule has 1 aliphatic heterocycles. The van der Waals surface area contributed by atoms with Crippen molar-refractivity contribution in [3.63, 3.8) is 0 Å². The Morgan fingerprint density at radius 2 is 1.78 bits per heavy atom. The summed E-state index contributed by atoms with van der Waals surface area (Å²) in [6.07, 6.45) is 3.31. The predicted molar refractivity (Wildman–Crippen MR) is 104 cm³/mol. The number of rotatable bonds is 2. The largest absolute Gasteiger partial charge is 0.478 e. The van der Waals surface area contributed by atoms with E-state index in [1.165, 1.54) is 28.1 Å². The first kappa shape index (κ1) is 18.9. The molecular formula is C20H19ClN2O4. The summed E-state index contributed by atoms with van der Waals surface area (Å²) >= 11 is 6.12. The second kappa shape index (κ2) is 7.80. The number of nitrogens with zero attached hydrogens (tertiary/aromatic N) is 2. The van der Waals surface area contributed by atoms with Crippen LogP contribution in [-0.4, -0.2) is 39.0 Å². The zero-order valence-corrected chi connectivity index (χ0v) is 15.5. The van der Waals surface area contributed by atoms with Gasteiger partial charge in [-0.05, 0) is 49.1 Å². The fourth-order valence-electron chi connectivity index (χ4n) is 3.46. The number of carboxylic acid groups (broad SMARTS) is 2. The highest BCUT2D eigenvalue weighted by molar-refractivity contribution is 6.30. The van der Waals surface area contributed by atoms with Crippen LogP contribution < -0.4 is 0 Å². The molecule has 4 rings (SSSR count). The molecular weight excluding hydrogens is 368 g/mol. The average molecular weight is 387 g/mol. The summed E-state index contributed by atoms with van der Waals surface area (Å²) in [5.41, 5.74) is 8.03. The number of carboxylic acids is 2. The highest BCUT2D eigenvalue weighted by Gasteiger charge is 2.24. The van der Waals surface area contributed by atoms with Crippen molar-refractivity contribution in [3.8, 4) is 11.3 Å². The standard InChI is InChI=1S/C16H15ClN2.C4H4O4/c1-10-15-9-12-3-2-11-8-13(17)4-5-14(11)16(12)19(15)7-6-18-10;5-3(6)1-2-4(7)8/h4-5,8-9H,2-3,6-7H2,1H3;1-2H,(H,5,6)(H,7,8). The maximum atomic E-state index is 9.55. The Hall–Kier alpha value is -2.86. The molecule has 0 spiro atoms. The number of carbonyl (C=O) groups is 2. The summed E-state index contributed by atoms with van der Waals surface area (Å²) in [4.78, 5) is 23.7. The second-order valence-corrected chi connectivity index (χ2v) is 6.77. The number of aromatic nitrogens is 1. The maximum Gasteiger partial charge on any atom is 0.328 e. The second-order valence-electron chi connectivity index (χ2n) is 6.33. The molecule has 0 saturated carbocycles. The summed E-state index contributed by atoms with van der Waals surface area (Å²) in [7, 11) is 0. The first-order chi connectivity index (χ1) is 12.9. The van der Waals surface area contributed by atoms with E-state index in [0.717, 1.165) is 36.7 Å². The lowest BCUT2D eigenvalue weighted by atomic mass is 9.90. The van der Waals surface area contributed by atoms with E-state index in [2.05, 4.69) is 34.7 Å². The van der Waals surface area contributed by atoms with Gasteiger partial charge in [0, 0.05) is 29.3 Å². The Balaban J connectivity index is 0.000000226. The lowest BCUT2D eigenvalue weighted by molar-refractivity contribution is -0.134. The topological polar surface area (TPSA) is 91.9 Å². The van der Waals surface area contributed by atoms with Gasteiger partial charge in [0.25, 0.3) is 0 Å². The molecule has 140 valence electrons. The van der Waals surface area contributed by atoms with E-state index in [1.807, 2.05) is 6.07 Å². The van der Waals surface area contributed by atoms with Crippen molar-refractivity contribution < 1.29 is 19.8 Å². The van der Waals surface area contributed by atoms with Crippen LogP contribution >= 0.6 is 11.6 Å². The zero-order valence-electron chi connectivity index (χ0n) is 14.8. The molecule has 0 fully saturated rings. The van der Waals surface area contributed by atoms with Gasteiger partial charge >= 0.3 is 11.9 Å². The number of aryl methyl sites for hydroxylation is 2. The molecule has 0 unspecified atom stereocenters. The van der Waals surface area contributed by atoms with Crippen molar-refractivity contribution in [2.75, 3.05) is 6.54 Å². The quantitative estimate of drug-likeness (QED) is 0.773. The number of aliphatic carboxylic acids is 2. The zero-order chi connectivity index (χ0) is 19.6. The van der Waals surface area contributed by atoms with Gasteiger partial charge in [-0.1, -0.05) is 17.7 Å². The molecule has 2 aliphatic rings. The molecule has 6 nitrogen and oxygen atoms in total. The Bertz CT molecular complexity index is 957. The van der Waals surface area contributed by atoms with Gasteiger partial charge in [-0.3, -0.25) is 4.99 Å². The lowest BCUT2D eigenvalue weighted by Crippen LogP contribution is -2.17. The van der Waals surface area contributed by atoms with Crippen LogP contribution in [0.15, 0.2) is 41.4 Å². The van der Waals surface area contributed by atoms with Crippen molar-refractivity contribution in [2.45, 2.75) is 26.3 Å². The molecule has 1 aromatic carbocycles. The normalized spacial score (nSPS) is 14.4. The van der Waals surface area contributed by atoms with Crippen molar-refractivity contribution in [2.24, 2.45) is 4.99 Å². The molecule has 2 heterocycles. The van der Waals surface area contributed by atoms with Gasteiger partial charge in [-0.25, -0.2) is 9.59 Å². The molecule has 1 aliphatic carbocycles. The Morgan fingerprint density at radius 3 is 2.44 bits per heavy atom. The third kappa shape index (κ3) is 4.11. The number of halogens is 1. The molecule has 27 heavy (non-hydrogen) atoms. The van der Waals surface area contributed by atoms with Crippen LogP contribution in [0.1, 0.15) is 23.7 Å². The number of aliphatic imine (C=N–C) groups is 1. The van der Waals surface area contributed by atoms with E-state index in [4.69, 9.17) is 21.8 Å². The van der Waals surface area contributed by atoms with Crippen molar-refractivity contribution >= 4 is 29.3 Å². The van der Waals surface area contributed by atoms with E-state index in [0.29, 0.717) is 12.2 Å². The first-order valence-corrected chi connectivity index (χ1v) is 8.91. The van der Waals surface area contributed by atoms with Gasteiger partial charge in [0.15, 0.2) is 0 Å². The van der Waals surface area contributed by atoms with Gasteiger partial charge in [0.2, 0.25) is 0 Å². The Kier molecular flexibility index (Phi) is 5.46. The summed E-state index contributed by atoms with van der Waals surface area (Å²) < 4.78 is 2.43. The molecule has 0 bridgehead atoms. The minimum atomic E-state index is -1.26. The van der Waals surface area contributed by atoms with Crippen molar-refractivity contribution in [1.82, 2.24) is 4.57 Å². The lowest BCUT2D eigenvalue weighted by Gasteiger charge is -2.22. The molecule has 0 atom stereocenters. The van der Waals surface area contributed by atoms with Crippen LogP contribution in [0.2, 0.25) is 5.02 Å². The van der Waals surface area contributed by atoms with Crippen LogP contribution in [0.25, 0.3) is 11.3 Å².